The number of carbonyl (C=O) groups excluding carboxylic acids is 1. The minimum atomic E-state index is 0.0654. The summed E-state index contributed by atoms with van der Waals surface area (Å²) in [4.78, 5) is 21.1. The lowest BCUT2D eigenvalue weighted by atomic mass is 10.2. The maximum absolute atomic E-state index is 12.6. The molecule has 1 aromatic heterocycles. The zero-order valence-electron chi connectivity index (χ0n) is 13.0. The van der Waals surface area contributed by atoms with Crippen molar-refractivity contribution in [2.45, 2.75) is 0 Å². The third kappa shape index (κ3) is 3.89. The first-order chi connectivity index (χ1) is 11.1. The highest BCUT2D eigenvalue weighted by Gasteiger charge is 2.20. The number of halogens is 1. The van der Waals surface area contributed by atoms with Gasteiger partial charge in [0.2, 0.25) is 0 Å². The molecule has 1 aromatic carbocycles. The van der Waals surface area contributed by atoms with Gasteiger partial charge < -0.3 is 15.1 Å². The van der Waals surface area contributed by atoms with Crippen LogP contribution in [0.25, 0.3) is 0 Å². The largest absolute Gasteiger partial charge is 0.339 e. The van der Waals surface area contributed by atoms with Crippen molar-refractivity contribution in [2.24, 2.45) is 0 Å². The SMILES string of the molecule is CN1CCN(C(=O)c2ccnc(Nc3ccccc3Br)c2)CC1. The number of nitrogens with one attached hydrogen (secondary N) is 1. The number of amides is 1. The van der Waals surface area contributed by atoms with Gasteiger partial charge in [-0.25, -0.2) is 4.98 Å². The molecular weight excluding hydrogens is 356 g/mol. The van der Waals surface area contributed by atoms with Gasteiger partial charge in [-0.3, -0.25) is 4.79 Å². The number of likely N-dealkylation sites (N-methyl/N-ethyl adjacent to an activating group) is 1. The van der Waals surface area contributed by atoms with Crippen LogP contribution < -0.4 is 5.32 Å². The Morgan fingerprint density at radius 1 is 1.17 bits per heavy atom. The average Bonchev–Trinajstić information content (AvgIpc) is 2.57. The van der Waals surface area contributed by atoms with Crippen molar-refractivity contribution in [3.05, 3.63) is 52.6 Å². The second-order valence-electron chi connectivity index (χ2n) is 5.63. The number of piperazine rings is 1. The van der Waals surface area contributed by atoms with Gasteiger partial charge in [0.05, 0.1) is 5.69 Å². The van der Waals surface area contributed by atoms with E-state index in [9.17, 15) is 4.79 Å². The van der Waals surface area contributed by atoms with Gasteiger partial charge in [-0.05, 0) is 47.2 Å². The molecule has 0 aliphatic carbocycles. The molecule has 2 heterocycles. The summed E-state index contributed by atoms with van der Waals surface area (Å²) in [6, 6.07) is 11.4. The Morgan fingerprint density at radius 3 is 2.65 bits per heavy atom. The number of nitrogens with zero attached hydrogens (tertiary/aromatic N) is 3. The van der Waals surface area contributed by atoms with Crippen LogP contribution in [0.2, 0.25) is 0 Å². The fraction of sp³-hybridized carbons (Fsp3) is 0.294. The Balaban J connectivity index is 1.75. The average molecular weight is 375 g/mol. The molecule has 0 spiro atoms. The highest BCUT2D eigenvalue weighted by Crippen LogP contribution is 2.24. The van der Waals surface area contributed by atoms with E-state index in [1.54, 1.807) is 18.3 Å². The zero-order chi connectivity index (χ0) is 16.2. The van der Waals surface area contributed by atoms with Gasteiger partial charge >= 0.3 is 0 Å². The number of hydrogen-bond donors (Lipinski definition) is 1. The van der Waals surface area contributed by atoms with Crippen LogP contribution in [0.1, 0.15) is 10.4 Å². The van der Waals surface area contributed by atoms with Crippen LogP contribution in [0, 0.1) is 0 Å². The van der Waals surface area contributed by atoms with Gasteiger partial charge in [0, 0.05) is 42.4 Å². The molecule has 6 heteroatoms. The normalized spacial score (nSPS) is 15.5. The minimum absolute atomic E-state index is 0.0654. The number of anilines is 2. The second-order valence-corrected chi connectivity index (χ2v) is 6.48. The van der Waals surface area contributed by atoms with Crippen LogP contribution >= 0.6 is 15.9 Å². The first kappa shape index (κ1) is 16.0. The quantitative estimate of drug-likeness (QED) is 0.896. The second kappa shape index (κ2) is 7.10. The van der Waals surface area contributed by atoms with E-state index in [0.717, 1.165) is 36.3 Å². The molecule has 5 nitrogen and oxygen atoms in total. The molecule has 2 aromatic rings. The molecule has 1 aliphatic rings. The Hall–Kier alpha value is -1.92. The zero-order valence-corrected chi connectivity index (χ0v) is 14.6. The molecule has 23 heavy (non-hydrogen) atoms. The van der Waals surface area contributed by atoms with Crippen LogP contribution in [-0.2, 0) is 0 Å². The predicted molar refractivity (Wildman–Crippen MR) is 95.1 cm³/mol. The van der Waals surface area contributed by atoms with Crippen molar-refractivity contribution >= 4 is 33.3 Å². The summed E-state index contributed by atoms with van der Waals surface area (Å²) in [6.45, 7) is 3.37. The lowest BCUT2D eigenvalue weighted by Crippen LogP contribution is -2.47. The molecule has 1 N–H and O–H groups in total. The third-order valence-corrected chi connectivity index (χ3v) is 4.63. The van der Waals surface area contributed by atoms with Gasteiger partial charge in [-0.15, -0.1) is 0 Å². The summed E-state index contributed by atoms with van der Waals surface area (Å²) in [5, 5.41) is 3.24. The Kier molecular flexibility index (Phi) is 4.93. The van der Waals surface area contributed by atoms with Gasteiger partial charge in [0.15, 0.2) is 0 Å². The monoisotopic (exact) mass is 374 g/mol. The van der Waals surface area contributed by atoms with Crippen LogP contribution in [-0.4, -0.2) is 53.9 Å². The fourth-order valence-corrected chi connectivity index (χ4v) is 2.91. The standard InChI is InChI=1S/C17H19BrN4O/c1-21-8-10-22(11-9-21)17(23)13-6-7-19-16(12-13)20-15-5-3-2-4-14(15)18/h2-7,12H,8-11H2,1H3,(H,19,20). The molecule has 0 saturated carbocycles. The van der Waals surface area contributed by atoms with Gasteiger partial charge in [-0.1, -0.05) is 12.1 Å². The Labute approximate surface area is 144 Å². The molecule has 1 aliphatic heterocycles. The summed E-state index contributed by atoms with van der Waals surface area (Å²) in [5.74, 6) is 0.729. The molecule has 0 radical (unpaired) electrons. The third-order valence-electron chi connectivity index (χ3n) is 3.93. The van der Waals surface area contributed by atoms with Gasteiger partial charge in [0.25, 0.3) is 5.91 Å². The van der Waals surface area contributed by atoms with Crippen LogP contribution in [0.15, 0.2) is 47.1 Å². The summed E-state index contributed by atoms with van der Waals surface area (Å²) in [6.07, 6.45) is 1.67. The molecule has 0 atom stereocenters. The maximum atomic E-state index is 12.6. The summed E-state index contributed by atoms with van der Waals surface area (Å²) >= 11 is 3.50. The number of carbonyl (C=O) groups is 1. The Bertz CT molecular complexity index is 698. The summed E-state index contributed by atoms with van der Waals surface area (Å²) < 4.78 is 0.956. The molecule has 1 amide bonds. The summed E-state index contributed by atoms with van der Waals surface area (Å²) in [5.41, 5.74) is 1.59. The number of aromatic nitrogens is 1. The van der Waals surface area contributed by atoms with Gasteiger partial charge in [-0.2, -0.15) is 0 Å². The first-order valence-corrected chi connectivity index (χ1v) is 8.38. The van der Waals surface area contributed by atoms with Crippen LogP contribution in [0.4, 0.5) is 11.5 Å². The van der Waals surface area contributed by atoms with Crippen molar-refractivity contribution in [2.75, 3.05) is 38.5 Å². The number of para-hydroxylation sites is 1. The van der Waals surface area contributed by atoms with E-state index in [1.165, 1.54) is 0 Å². The highest BCUT2D eigenvalue weighted by molar-refractivity contribution is 9.10. The van der Waals surface area contributed by atoms with E-state index >= 15 is 0 Å². The topological polar surface area (TPSA) is 48.5 Å². The van der Waals surface area contributed by atoms with Crippen LogP contribution in [0.3, 0.4) is 0 Å². The first-order valence-electron chi connectivity index (χ1n) is 7.59. The van der Waals surface area contributed by atoms with E-state index in [-0.39, 0.29) is 5.91 Å². The number of pyridine rings is 1. The predicted octanol–water partition coefficient (Wildman–Crippen LogP) is 2.98. The lowest BCUT2D eigenvalue weighted by molar-refractivity contribution is 0.0664. The van der Waals surface area contributed by atoms with Crippen molar-refractivity contribution in [1.29, 1.82) is 0 Å². The van der Waals surface area contributed by atoms with E-state index < -0.39 is 0 Å². The van der Waals surface area contributed by atoms with E-state index in [4.69, 9.17) is 0 Å². The van der Waals surface area contributed by atoms with E-state index in [1.807, 2.05) is 29.2 Å². The van der Waals surface area contributed by atoms with Crippen molar-refractivity contribution in [3.8, 4) is 0 Å². The fourth-order valence-electron chi connectivity index (χ4n) is 2.52. The molecule has 1 saturated heterocycles. The minimum Gasteiger partial charge on any atom is -0.339 e. The van der Waals surface area contributed by atoms with E-state index in [0.29, 0.717) is 11.4 Å². The highest BCUT2D eigenvalue weighted by atomic mass is 79.9. The number of rotatable bonds is 3. The van der Waals surface area contributed by atoms with Crippen molar-refractivity contribution in [1.82, 2.24) is 14.8 Å². The van der Waals surface area contributed by atoms with Crippen molar-refractivity contribution < 1.29 is 4.79 Å². The molecular formula is C17H19BrN4O. The molecule has 1 fully saturated rings. The Morgan fingerprint density at radius 2 is 1.91 bits per heavy atom. The molecule has 3 rings (SSSR count). The smallest absolute Gasteiger partial charge is 0.254 e. The van der Waals surface area contributed by atoms with E-state index in [2.05, 4.69) is 38.2 Å². The summed E-state index contributed by atoms with van der Waals surface area (Å²) in [7, 11) is 2.08. The van der Waals surface area contributed by atoms with Gasteiger partial charge in [0.1, 0.15) is 5.82 Å². The molecule has 120 valence electrons. The lowest BCUT2D eigenvalue weighted by Gasteiger charge is -2.32. The van der Waals surface area contributed by atoms with Crippen molar-refractivity contribution in [3.63, 3.8) is 0 Å². The number of benzene rings is 1. The van der Waals surface area contributed by atoms with Crippen LogP contribution in [0.5, 0.6) is 0 Å². The molecule has 0 bridgehead atoms. The maximum Gasteiger partial charge on any atom is 0.254 e. The number of hydrogen-bond acceptors (Lipinski definition) is 4. The molecule has 0 unspecified atom stereocenters.